The van der Waals surface area contributed by atoms with Crippen LogP contribution in [0, 0.1) is 6.92 Å². The van der Waals surface area contributed by atoms with Gasteiger partial charge in [-0.15, -0.1) is 0 Å². The van der Waals surface area contributed by atoms with Crippen molar-refractivity contribution in [2.75, 3.05) is 16.6 Å². The smallest absolute Gasteiger partial charge is 0.269 e. The molecule has 0 aliphatic rings. The van der Waals surface area contributed by atoms with Crippen LogP contribution in [-0.4, -0.2) is 35.8 Å². The number of halogens is 1. The summed E-state index contributed by atoms with van der Waals surface area (Å²) in [6.45, 7) is 1.58. The van der Waals surface area contributed by atoms with Crippen LogP contribution >= 0.6 is 11.6 Å². The molecule has 42 heavy (non-hydrogen) atoms. The van der Waals surface area contributed by atoms with E-state index in [1.165, 1.54) is 67.8 Å². The fourth-order valence-corrected chi connectivity index (χ4v) is 6.40. The molecule has 0 saturated heterocycles. The highest BCUT2D eigenvalue weighted by Crippen LogP contribution is 2.25. The third-order valence-corrected chi connectivity index (χ3v) is 9.11. The number of sulfonamides is 2. The standard InChI is InChI=1S/C28H25ClN4O7S2/c1-18-10-11-20(17-26(18)42(38,39)32-21-12-14-22(40-2)15-13-21)28(35)31-30-27(34)19-6-5-7-23(16-19)41(36,37)33-25-9-4-3-8-24(25)29/h3-17,32-33H,1-2H3,(H,30,34)(H,31,35). The predicted octanol–water partition coefficient (Wildman–Crippen LogP) is 4.33. The average Bonchev–Trinajstić information content (AvgIpc) is 2.97. The Balaban J connectivity index is 1.45. The second-order valence-electron chi connectivity index (χ2n) is 8.84. The fraction of sp³-hybridized carbons (Fsp3) is 0.0714. The molecule has 2 amide bonds. The maximum absolute atomic E-state index is 13.0. The Morgan fingerprint density at radius 3 is 2.00 bits per heavy atom. The molecular formula is C28H25ClN4O7S2. The molecule has 4 rings (SSSR count). The van der Waals surface area contributed by atoms with E-state index in [4.69, 9.17) is 16.3 Å². The van der Waals surface area contributed by atoms with E-state index >= 15 is 0 Å². The maximum atomic E-state index is 13.0. The Kier molecular flexibility index (Phi) is 9.05. The number of hydrazine groups is 1. The number of hydrogen-bond acceptors (Lipinski definition) is 7. The van der Waals surface area contributed by atoms with Gasteiger partial charge in [0.25, 0.3) is 31.9 Å². The summed E-state index contributed by atoms with van der Waals surface area (Å²) in [6, 6.07) is 21.7. The minimum Gasteiger partial charge on any atom is -0.497 e. The molecule has 218 valence electrons. The van der Waals surface area contributed by atoms with Crippen LogP contribution in [0.15, 0.2) is 101 Å². The van der Waals surface area contributed by atoms with E-state index in [1.807, 2.05) is 0 Å². The van der Waals surface area contributed by atoms with Crippen LogP contribution in [0.5, 0.6) is 5.75 Å². The molecule has 0 unspecified atom stereocenters. The summed E-state index contributed by atoms with van der Waals surface area (Å²) < 4.78 is 61.6. The van der Waals surface area contributed by atoms with Crippen LogP contribution in [-0.2, 0) is 20.0 Å². The van der Waals surface area contributed by atoms with Gasteiger partial charge in [0.2, 0.25) is 0 Å². The Hall–Kier alpha value is -4.59. The largest absolute Gasteiger partial charge is 0.497 e. The van der Waals surface area contributed by atoms with Gasteiger partial charge in [-0.3, -0.25) is 29.9 Å². The van der Waals surface area contributed by atoms with Gasteiger partial charge in [0.1, 0.15) is 5.75 Å². The molecule has 0 bridgehead atoms. The number of hydrogen-bond donors (Lipinski definition) is 4. The van der Waals surface area contributed by atoms with E-state index in [0.29, 0.717) is 17.0 Å². The highest BCUT2D eigenvalue weighted by Gasteiger charge is 2.21. The first-order valence-electron chi connectivity index (χ1n) is 12.2. The summed E-state index contributed by atoms with van der Waals surface area (Å²) in [4.78, 5) is 25.2. The van der Waals surface area contributed by atoms with Crippen molar-refractivity contribution in [2.24, 2.45) is 0 Å². The molecule has 0 aliphatic carbocycles. The topological polar surface area (TPSA) is 160 Å². The summed E-state index contributed by atoms with van der Waals surface area (Å²) in [6.07, 6.45) is 0. The lowest BCUT2D eigenvalue weighted by molar-refractivity contribution is 0.0846. The van der Waals surface area contributed by atoms with Gasteiger partial charge in [0.15, 0.2) is 0 Å². The number of rotatable bonds is 9. The van der Waals surface area contributed by atoms with Crippen molar-refractivity contribution in [1.82, 2.24) is 10.9 Å². The number of benzene rings is 4. The van der Waals surface area contributed by atoms with Crippen LogP contribution in [0.1, 0.15) is 26.3 Å². The summed E-state index contributed by atoms with van der Waals surface area (Å²) >= 11 is 6.04. The van der Waals surface area contributed by atoms with Gasteiger partial charge in [-0.1, -0.05) is 35.9 Å². The quantitative estimate of drug-likeness (QED) is 0.201. The number of nitrogens with one attached hydrogen (secondary N) is 4. The predicted molar refractivity (Wildman–Crippen MR) is 159 cm³/mol. The van der Waals surface area contributed by atoms with Crippen molar-refractivity contribution in [3.63, 3.8) is 0 Å². The molecule has 14 heteroatoms. The second-order valence-corrected chi connectivity index (χ2v) is 12.6. The van der Waals surface area contributed by atoms with Crippen molar-refractivity contribution in [3.8, 4) is 5.75 Å². The number of carbonyl (C=O) groups excluding carboxylic acids is 2. The zero-order chi connectivity index (χ0) is 30.5. The maximum Gasteiger partial charge on any atom is 0.269 e. The number of para-hydroxylation sites is 1. The highest BCUT2D eigenvalue weighted by molar-refractivity contribution is 7.93. The number of ether oxygens (including phenoxy) is 1. The molecular weight excluding hydrogens is 604 g/mol. The summed E-state index contributed by atoms with van der Waals surface area (Å²) in [5.41, 5.74) is 5.16. The molecule has 4 aromatic rings. The van der Waals surface area contributed by atoms with Gasteiger partial charge in [-0.05, 0) is 79.2 Å². The lowest BCUT2D eigenvalue weighted by atomic mass is 10.1. The van der Waals surface area contributed by atoms with Gasteiger partial charge < -0.3 is 4.74 Å². The Bertz CT molecular complexity index is 1860. The third-order valence-electron chi connectivity index (χ3n) is 5.90. The van der Waals surface area contributed by atoms with E-state index in [2.05, 4.69) is 20.3 Å². The Morgan fingerprint density at radius 1 is 0.714 bits per heavy atom. The minimum absolute atomic E-state index is 0.0451. The normalized spacial score (nSPS) is 11.3. The third kappa shape index (κ3) is 7.18. The molecule has 0 aromatic heterocycles. The van der Waals surface area contributed by atoms with Gasteiger partial charge >= 0.3 is 0 Å². The molecule has 4 aromatic carbocycles. The van der Waals surface area contributed by atoms with E-state index < -0.39 is 31.9 Å². The number of amides is 2. The van der Waals surface area contributed by atoms with Gasteiger partial charge in [-0.25, -0.2) is 16.8 Å². The molecule has 0 saturated carbocycles. The first-order valence-corrected chi connectivity index (χ1v) is 15.5. The van der Waals surface area contributed by atoms with Crippen LogP contribution < -0.4 is 25.0 Å². The second kappa shape index (κ2) is 12.5. The molecule has 0 fully saturated rings. The highest BCUT2D eigenvalue weighted by atomic mass is 35.5. The monoisotopic (exact) mass is 628 g/mol. The van der Waals surface area contributed by atoms with Gasteiger partial charge in [-0.2, -0.15) is 0 Å². The minimum atomic E-state index is -4.09. The first-order chi connectivity index (χ1) is 19.9. The Labute approximate surface area is 247 Å². The lowest BCUT2D eigenvalue weighted by Crippen LogP contribution is -2.41. The van der Waals surface area contributed by atoms with Crippen LogP contribution in [0.2, 0.25) is 5.02 Å². The SMILES string of the molecule is COc1ccc(NS(=O)(=O)c2cc(C(=O)NNC(=O)c3cccc(S(=O)(=O)Nc4ccccc4Cl)c3)ccc2C)cc1. The zero-order valence-electron chi connectivity index (χ0n) is 22.2. The molecule has 0 atom stereocenters. The van der Waals surface area contributed by atoms with Crippen molar-refractivity contribution < 1.29 is 31.2 Å². The molecule has 0 radical (unpaired) electrons. The van der Waals surface area contributed by atoms with E-state index in [1.54, 1.807) is 31.2 Å². The molecule has 0 aliphatic heterocycles. The fourth-order valence-electron chi connectivity index (χ4n) is 3.71. The number of aryl methyl sites for hydroxylation is 1. The first kappa shape index (κ1) is 30.4. The van der Waals surface area contributed by atoms with Crippen LogP contribution in [0.4, 0.5) is 11.4 Å². The molecule has 11 nitrogen and oxygen atoms in total. The average molecular weight is 629 g/mol. The number of carbonyl (C=O) groups is 2. The van der Waals surface area contributed by atoms with E-state index in [0.717, 1.165) is 6.07 Å². The Morgan fingerprint density at radius 2 is 1.36 bits per heavy atom. The van der Waals surface area contributed by atoms with Gasteiger partial charge in [0.05, 0.1) is 27.6 Å². The van der Waals surface area contributed by atoms with Crippen LogP contribution in [0.25, 0.3) is 0 Å². The molecule has 4 N–H and O–H groups in total. The van der Waals surface area contributed by atoms with Crippen molar-refractivity contribution in [1.29, 1.82) is 0 Å². The lowest BCUT2D eigenvalue weighted by Gasteiger charge is -2.13. The van der Waals surface area contributed by atoms with Crippen molar-refractivity contribution in [3.05, 3.63) is 113 Å². The van der Waals surface area contributed by atoms with E-state index in [9.17, 15) is 26.4 Å². The van der Waals surface area contributed by atoms with Crippen molar-refractivity contribution >= 4 is 54.8 Å². The van der Waals surface area contributed by atoms with E-state index in [-0.39, 0.29) is 31.6 Å². The molecule has 0 heterocycles. The number of anilines is 2. The summed E-state index contributed by atoms with van der Waals surface area (Å²) in [5.74, 6) is -1.05. The summed E-state index contributed by atoms with van der Waals surface area (Å²) in [5, 5.41) is 0.196. The van der Waals surface area contributed by atoms with Crippen LogP contribution in [0.3, 0.4) is 0 Å². The summed E-state index contributed by atoms with van der Waals surface area (Å²) in [7, 11) is -6.66. The van der Waals surface area contributed by atoms with Crippen molar-refractivity contribution in [2.45, 2.75) is 16.7 Å². The number of methoxy groups -OCH3 is 1. The van der Waals surface area contributed by atoms with Gasteiger partial charge in [0, 0.05) is 16.8 Å². The molecule has 0 spiro atoms. The zero-order valence-corrected chi connectivity index (χ0v) is 24.6.